The van der Waals surface area contributed by atoms with Crippen LogP contribution >= 0.6 is 11.6 Å². The van der Waals surface area contributed by atoms with Gasteiger partial charge in [-0.25, -0.2) is 0 Å². The minimum Gasteiger partial charge on any atom is -0.481 e. The maximum absolute atomic E-state index is 13.1. The van der Waals surface area contributed by atoms with Gasteiger partial charge in [0.25, 0.3) is 0 Å². The highest BCUT2D eigenvalue weighted by Crippen LogP contribution is 2.53. The molecule has 1 aromatic heterocycles. The van der Waals surface area contributed by atoms with Crippen molar-refractivity contribution >= 4 is 23.4 Å². The molecule has 2 aliphatic carbocycles. The van der Waals surface area contributed by atoms with Gasteiger partial charge < -0.3 is 9.63 Å². The molecule has 35 heavy (non-hydrogen) atoms. The number of ketones is 1. The van der Waals surface area contributed by atoms with Crippen LogP contribution < -0.4 is 0 Å². The van der Waals surface area contributed by atoms with Crippen molar-refractivity contribution in [3.8, 4) is 0 Å². The highest BCUT2D eigenvalue weighted by molar-refractivity contribution is 6.31. The second-order valence-electron chi connectivity index (χ2n) is 12.1. The first-order valence-electron chi connectivity index (χ1n) is 13.0. The van der Waals surface area contributed by atoms with E-state index in [1.54, 1.807) is 0 Å². The summed E-state index contributed by atoms with van der Waals surface area (Å²) in [4.78, 5) is 24.5. The highest BCUT2D eigenvalue weighted by atomic mass is 35.5. The average Bonchev–Trinajstić information content (AvgIpc) is 3.47. The lowest BCUT2D eigenvalue weighted by Crippen LogP contribution is -2.26. The van der Waals surface area contributed by atoms with Crippen LogP contribution in [0, 0.1) is 18.3 Å². The van der Waals surface area contributed by atoms with Crippen molar-refractivity contribution in [1.82, 2.24) is 5.16 Å². The minimum atomic E-state index is -0.857. The molecule has 0 unspecified atom stereocenters. The Morgan fingerprint density at radius 1 is 1.20 bits per heavy atom. The lowest BCUT2D eigenvalue weighted by molar-refractivity contribution is -0.137. The summed E-state index contributed by atoms with van der Waals surface area (Å²) < 4.78 is 5.97. The summed E-state index contributed by atoms with van der Waals surface area (Å²) in [5.41, 5.74) is 4.19. The molecule has 0 saturated heterocycles. The van der Waals surface area contributed by atoms with Gasteiger partial charge in [0.2, 0.25) is 0 Å². The van der Waals surface area contributed by atoms with E-state index in [9.17, 15) is 14.7 Å². The number of carboxylic acids is 1. The minimum absolute atomic E-state index is 0.00657. The Morgan fingerprint density at radius 2 is 1.91 bits per heavy atom. The number of aryl methyl sites for hydroxylation is 1. The maximum atomic E-state index is 13.1. The molecule has 5 nitrogen and oxygen atoms in total. The van der Waals surface area contributed by atoms with Crippen molar-refractivity contribution in [2.45, 2.75) is 103 Å². The number of halogens is 1. The molecule has 1 atom stereocenters. The number of rotatable bonds is 11. The zero-order chi connectivity index (χ0) is 25.3. The quantitative estimate of drug-likeness (QED) is 0.344. The third kappa shape index (κ3) is 6.75. The molecule has 6 heteroatoms. The summed E-state index contributed by atoms with van der Waals surface area (Å²) >= 11 is 6.36. The Bertz CT molecular complexity index is 1070. The van der Waals surface area contributed by atoms with Gasteiger partial charge in [0.15, 0.2) is 0 Å². The molecule has 2 aromatic rings. The number of hydrogen-bond donors (Lipinski definition) is 1. The Balaban J connectivity index is 1.51. The first-order valence-corrected chi connectivity index (χ1v) is 13.4. The molecule has 1 N–H and O–H groups in total. The van der Waals surface area contributed by atoms with Crippen molar-refractivity contribution in [2.24, 2.45) is 11.3 Å². The van der Waals surface area contributed by atoms with Gasteiger partial charge in [-0.1, -0.05) is 49.7 Å². The summed E-state index contributed by atoms with van der Waals surface area (Å²) in [6.07, 6.45) is 6.55. The molecule has 0 spiro atoms. The second-order valence-corrected chi connectivity index (χ2v) is 12.5. The van der Waals surface area contributed by atoms with Gasteiger partial charge in [0, 0.05) is 41.7 Å². The van der Waals surface area contributed by atoms with Crippen LogP contribution in [0.2, 0.25) is 5.02 Å². The van der Waals surface area contributed by atoms with E-state index in [0.717, 1.165) is 48.3 Å². The first kappa shape index (κ1) is 25.9. The standard InChI is InChI=1S/C29H38ClNO4/c1-17-5-6-20(24(30)11-17)14-23(32)15-21(9-10-25(33)34)27-26(19-7-8-19)28(35-31-27)22-12-18(13-22)16-29(2,3)4/h5-6,11,18-19,21-22H,7-10,12-16H2,1-4H3,(H,33,34)/t18?,21-,22?/m0/s1. The molecule has 1 aromatic carbocycles. The molecule has 0 bridgehead atoms. The zero-order valence-electron chi connectivity index (χ0n) is 21.4. The van der Waals surface area contributed by atoms with E-state index in [4.69, 9.17) is 16.1 Å². The predicted octanol–water partition coefficient (Wildman–Crippen LogP) is 7.59. The van der Waals surface area contributed by atoms with Gasteiger partial charge in [-0.05, 0) is 79.9 Å². The smallest absolute Gasteiger partial charge is 0.303 e. The van der Waals surface area contributed by atoms with Crippen molar-refractivity contribution < 1.29 is 19.2 Å². The third-order valence-corrected chi connectivity index (χ3v) is 7.79. The van der Waals surface area contributed by atoms with Crippen molar-refractivity contribution in [3.05, 3.63) is 51.4 Å². The maximum Gasteiger partial charge on any atom is 0.303 e. The van der Waals surface area contributed by atoms with E-state index in [2.05, 4.69) is 25.9 Å². The molecule has 0 radical (unpaired) electrons. The van der Waals surface area contributed by atoms with Crippen LogP contribution in [0.1, 0.15) is 118 Å². The number of aromatic nitrogens is 1. The van der Waals surface area contributed by atoms with E-state index in [1.807, 2.05) is 25.1 Å². The summed E-state index contributed by atoms with van der Waals surface area (Å²) in [7, 11) is 0. The van der Waals surface area contributed by atoms with Gasteiger partial charge in [0.1, 0.15) is 11.5 Å². The Morgan fingerprint density at radius 3 is 2.51 bits per heavy atom. The summed E-state index contributed by atoms with van der Waals surface area (Å²) in [5, 5.41) is 14.4. The average molecular weight is 500 g/mol. The van der Waals surface area contributed by atoms with E-state index in [-0.39, 0.29) is 31.0 Å². The molecule has 190 valence electrons. The normalized spacial score (nSPS) is 20.9. The number of Topliss-reactive ketones (excluding diaryl/α,β-unsaturated/α-hetero) is 1. The summed E-state index contributed by atoms with van der Waals surface area (Å²) in [6, 6.07) is 5.72. The molecule has 1 heterocycles. The number of benzene rings is 1. The number of carbonyl (C=O) groups is 2. The van der Waals surface area contributed by atoms with Crippen LogP contribution in [0.3, 0.4) is 0 Å². The molecule has 4 rings (SSSR count). The van der Waals surface area contributed by atoms with Gasteiger partial charge in [-0.15, -0.1) is 0 Å². The van der Waals surface area contributed by atoms with E-state index in [1.165, 1.54) is 12.0 Å². The SMILES string of the molecule is Cc1ccc(CC(=O)C[C@H](CCC(=O)O)c2noc(C3CC(CC(C)(C)C)C3)c2C2CC2)c(Cl)c1. The fraction of sp³-hybridized carbons (Fsp3) is 0.621. The van der Waals surface area contributed by atoms with Gasteiger partial charge >= 0.3 is 5.97 Å². The lowest BCUT2D eigenvalue weighted by atomic mass is 9.66. The van der Waals surface area contributed by atoms with Crippen molar-refractivity contribution in [1.29, 1.82) is 0 Å². The molecule has 2 fully saturated rings. The van der Waals surface area contributed by atoms with Crippen LogP contribution in [-0.4, -0.2) is 22.0 Å². The van der Waals surface area contributed by atoms with Crippen molar-refractivity contribution in [2.75, 3.05) is 0 Å². The number of carboxylic acid groups (broad SMARTS) is 1. The van der Waals surface area contributed by atoms with E-state index < -0.39 is 5.97 Å². The molecule has 0 amide bonds. The monoisotopic (exact) mass is 499 g/mol. The largest absolute Gasteiger partial charge is 0.481 e. The number of carbonyl (C=O) groups excluding carboxylic acids is 1. The summed E-state index contributed by atoms with van der Waals surface area (Å²) in [5.74, 6) is 1.48. The highest BCUT2D eigenvalue weighted by Gasteiger charge is 2.42. The Kier molecular flexibility index (Phi) is 7.75. The Hall–Kier alpha value is -2.14. The summed E-state index contributed by atoms with van der Waals surface area (Å²) in [6.45, 7) is 8.83. The predicted molar refractivity (Wildman–Crippen MR) is 137 cm³/mol. The number of nitrogens with zero attached hydrogens (tertiary/aromatic N) is 1. The molecule has 2 saturated carbocycles. The number of hydrogen-bond acceptors (Lipinski definition) is 4. The van der Waals surface area contributed by atoms with Crippen LogP contribution in [0.25, 0.3) is 0 Å². The topological polar surface area (TPSA) is 80.4 Å². The van der Waals surface area contributed by atoms with Crippen LogP contribution in [-0.2, 0) is 16.0 Å². The fourth-order valence-corrected chi connectivity index (χ4v) is 5.97. The lowest BCUT2D eigenvalue weighted by Gasteiger charge is -2.38. The van der Waals surface area contributed by atoms with Gasteiger partial charge in [-0.3, -0.25) is 9.59 Å². The Labute approximate surface area is 213 Å². The zero-order valence-corrected chi connectivity index (χ0v) is 22.2. The van der Waals surface area contributed by atoms with Crippen LogP contribution in [0.4, 0.5) is 0 Å². The van der Waals surface area contributed by atoms with Crippen molar-refractivity contribution in [3.63, 3.8) is 0 Å². The number of aliphatic carboxylic acids is 1. The van der Waals surface area contributed by atoms with E-state index in [0.29, 0.717) is 34.6 Å². The molecule has 2 aliphatic rings. The molecular formula is C29H38ClNO4. The van der Waals surface area contributed by atoms with Gasteiger partial charge in [-0.2, -0.15) is 0 Å². The molecular weight excluding hydrogens is 462 g/mol. The third-order valence-electron chi connectivity index (χ3n) is 7.44. The van der Waals surface area contributed by atoms with Crippen LogP contribution in [0.5, 0.6) is 0 Å². The van der Waals surface area contributed by atoms with E-state index >= 15 is 0 Å². The second kappa shape index (κ2) is 10.5. The first-order chi connectivity index (χ1) is 16.5. The van der Waals surface area contributed by atoms with Crippen LogP contribution in [0.15, 0.2) is 22.7 Å². The van der Waals surface area contributed by atoms with Gasteiger partial charge in [0.05, 0.1) is 5.69 Å². The fourth-order valence-electron chi connectivity index (χ4n) is 5.66. The molecule has 0 aliphatic heterocycles.